The van der Waals surface area contributed by atoms with E-state index in [-0.39, 0.29) is 6.42 Å². The van der Waals surface area contributed by atoms with Gasteiger partial charge in [0.05, 0.1) is 6.42 Å². The van der Waals surface area contributed by atoms with Crippen molar-refractivity contribution in [3.8, 4) is 0 Å². The first-order valence-electron chi connectivity index (χ1n) is 5.49. The number of carboxylic acid groups (broad SMARTS) is 1. The topological polar surface area (TPSA) is 63.3 Å². The highest BCUT2D eigenvalue weighted by molar-refractivity contribution is 7.99. The minimum Gasteiger partial charge on any atom is -0.481 e. The second-order valence-electron chi connectivity index (χ2n) is 3.81. The minimum atomic E-state index is -0.872. The number of anilines is 1. The summed E-state index contributed by atoms with van der Waals surface area (Å²) >= 11 is 1.54. The molecule has 0 amide bonds. The van der Waals surface area contributed by atoms with Crippen LogP contribution in [0.15, 0.2) is 58.3 Å². The number of rotatable bonds is 4. The number of hydrogen-bond acceptors (Lipinski definition) is 3. The van der Waals surface area contributed by atoms with E-state index in [4.69, 9.17) is 10.8 Å². The van der Waals surface area contributed by atoms with Gasteiger partial charge >= 0.3 is 5.97 Å². The summed E-state index contributed by atoms with van der Waals surface area (Å²) in [4.78, 5) is 12.7. The van der Waals surface area contributed by atoms with Crippen molar-refractivity contribution in [3.05, 3.63) is 54.1 Å². The Hall–Kier alpha value is -1.94. The first-order chi connectivity index (χ1) is 8.66. The van der Waals surface area contributed by atoms with E-state index >= 15 is 0 Å². The van der Waals surface area contributed by atoms with Gasteiger partial charge in [-0.05, 0) is 23.8 Å². The van der Waals surface area contributed by atoms with Gasteiger partial charge in [0.25, 0.3) is 0 Å². The molecule has 0 aliphatic rings. The molecule has 0 spiro atoms. The van der Waals surface area contributed by atoms with Gasteiger partial charge in [-0.1, -0.05) is 42.1 Å². The molecule has 0 fully saturated rings. The summed E-state index contributed by atoms with van der Waals surface area (Å²) in [5, 5.41) is 8.81. The second-order valence-corrected chi connectivity index (χ2v) is 4.93. The molecule has 0 aliphatic heterocycles. The molecular weight excluding hydrogens is 246 g/mol. The highest BCUT2D eigenvalue weighted by atomic mass is 32.2. The predicted molar refractivity (Wildman–Crippen MR) is 72.8 cm³/mol. The minimum absolute atomic E-state index is 0.0466. The van der Waals surface area contributed by atoms with E-state index in [1.165, 1.54) is 11.8 Å². The number of hydrogen-bond donors (Lipinski definition) is 2. The van der Waals surface area contributed by atoms with Crippen LogP contribution >= 0.6 is 11.8 Å². The van der Waals surface area contributed by atoms with Gasteiger partial charge in [0.15, 0.2) is 0 Å². The zero-order valence-corrected chi connectivity index (χ0v) is 10.5. The van der Waals surface area contributed by atoms with E-state index < -0.39 is 5.97 Å². The van der Waals surface area contributed by atoms with Crippen LogP contribution in [0.4, 0.5) is 5.69 Å². The summed E-state index contributed by atoms with van der Waals surface area (Å²) in [5.41, 5.74) is 7.20. The van der Waals surface area contributed by atoms with E-state index in [2.05, 4.69) is 0 Å². The highest BCUT2D eigenvalue weighted by Crippen LogP contribution is 2.33. The molecule has 0 unspecified atom stereocenters. The van der Waals surface area contributed by atoms with Crippen LogP contribution < -0.4 is 5.73 Å². The molecule has 2 aromatic rings. The summed E-state index contributed by atoms with van der Waals surface area (Å²) < 4.78 is 0. The standard InChI is InChI=1S/C14H13NO2S/c15-14-10(9-13(16)17)5-4-8-12(14)18-11-6-2-1-3-7-11/h1-8H,9,15H2,(H,16,17). The van der Waals surface area contributed by atoms with Gasteiger partial charge in [0.2, 0.25) is 0 Å². The molecule has 0 heterocycles. The van der Waals surface area contributed by atoms with E-state index in [0.29, 0.717) is 11.3 Å². The Morgan fingerprint density at radius 3 is 2.50 bits per heavy atom. The fourth-order valence-electron chi connectivity index (χ4n) is 1.61. The van der Waals surface area contributed by atoms with Gasteiger partial charge in [-0.15, -0.1) is 0 Å². The molecule has 0 radical (unpaired) electrons. The van der Waals surface area contributed by atoms with Gasteiger partial charge in [-0.25, -0.2) is 0 Å². The Bertz CT molecular complexity index is 555. The van der Waals surface area contributed by atoms with Crippen molar-refractivity contribution in [2.24, 2.45) is 0 Å². The summed E-state index contributed by atoms with van der Waals surface area (Å²) in [5.74, 6) is -0.872. The lowest BCUT2D eigenvalue weighted by atomic mass is 10.1. The number of aliphatic carboxylic acids is 1. The van der Waals surface area contributed by atoms with Crippen LogP contribution in [0.3, 0.4) is 0 Å². The predicted octanol–water partition coefficient (Wildman–Crippen LogP) is 3.05. The van der Waals surface area contributed by atoms with Crippen molar-refractivity contribution in [2.45, 2.75) is 16.2 Å². The second kappa shape index (κ2) is 5.60. The van der Waals surface area contributed by atoms with Crippen molar-refractivity contribution in [1.82, 2.24) is 0 Å². The molecular formula is C14H13NO2S. The Kier molecular flexibility index (Phi) is 3.89. The number of carboxylic acids is 1. The van der Waals surface area contributed by atoms with Crippen LogP contribution in [0.5, 0.6) is 0 Å². The van der Waals surface area contributed by atoms with Gasteiger partial charge < -0.3 is 10.8 Å². The first-order valence-corrected chi connectivity index (χ1v) is 6.30. The van der Waals surface area contributed by atoms with E-state index in [9.17, 15) is 4.79 Å². The van der Waals surface area contributed by atoms with Crippen LogP contribution in [0.1, 0.15) is 5.56 Å². The average molecular weight is 259 g/mol. The van der Waals surface area contributed by atoms with Crippen molar-refractivity contribution in [1.29, 1.82) is 0 Å². The van der Waals surface area contributed by atoms with E-state index in [1.54, 1.807) is 6.07 Å². The number of benzene rings is 2. The van der Waals surface area contributed by atoms with Gasteiger partial charge in [-0.2, -0.15) is 0 Å². The normalized spacial score (nSPS) is 10.2. The van der Waals surface area contributed by atoms with Crippen molar-refractivity contribution >= 4 is 23.4 Å². The van der Waals surface area contributed by atoms with Crippen LogP contribution in [0.25, 0.3) is 0 Å². The molecule has 4 heteroatoms. The monoisotopic (exact) mass is 259 g/mol. The van der Waals surface area contributed by atoms with E-state index in [1.807, 2.05) is 42.5 Å². The molecule has 2 rings (SSSR count). The molecule has 0 atom stereocenters. The molecule has 2 aromatic carbocycles. The molecule has 92 valence electrons. The third-order valence-electron chi connectivity index (χ3n) is 2.47. The Balaban J connectivity index is 2.26. The Labute approximate surface area is 110 Å². The van der Waals surface area contributed by atoms with E-state index in [0.717, 1.165) is 9.79 Å². The lowest BCUT2D eigenvalue weighted by Gasteiger charge is -2.09. The van der Waals surface area contributed by atoms with Crippen LogP contribution in [-0.2, 0) is 11.2 Å². The fourth-order valence-corrected chi connectivity index (χ4v) is 2.55. The quantitative estimate of drug-likeness (QED) is 0.828. The first kappa shape index (κ1) is 12.5. The maximum absolute atomic E-state index is 10.7. The maximum Gasteiger partial charge on any atom is 0.307 e. The lowest BCUT2D eigenvalue weighted by molar-refractivity contribution is -0.136. The highest BCUT2D eigenvalue weighted by Gasteiger charge is 2.09. The molecule has 0 bridgehead atoms. The molecule has 3 nitrogen and oxygen atoms in total. The Morgan fingerprint density at radius 2 is 1.83 bits per heavy atom. The zero-order chi connectivity index (χ0) is 13.0. The average Bonchev–Trinajstić information content (AvgIpc) is 2.35. The molecule has 0 aliphatic carbocycles. The van der Waals surface area contributed by atoms with Crippen LogP contribution in [0, 0.1) is 0 Å². The van der Waals surface area contributed by atoms with Gasteiger partial charge in [0.1, 0.15) is 0 Å². The summed E-state index contributed by atoms with van der Waals surface area (Å²) in [7, 11) is 0. The number of nitrogen functional groups attached to an aromatic ring is 1. The lowest BCUT2D eigenvalue weighted by Crippen LogP contribution is -2.04. The van der Waals surface area contributed by atoms with Gasteiger partial charge in [0, 0.05) is 15.5 Å². The smallest absolute Gasteiger partial charge is 0.307 e. The summed E-state index contributed by atoms with van der Waals surface area (Å²) in [6.07, 6.45) is -0.0466. The maximum atomic E-state index is 10.7. The third-order valence-corrected chi connectivity index (χ3v) is 3.55. The van der Waals surface area contributed by atoms with Crippen molar-refractivity contribution in [2.75, 3.05) is 5.73 Å². The van der Waals surface area contributed by atoms with Gasteiger partial charge in [-0.3, -0.25) is 4.79 Å². The summed E-state index contributed by atoms with van der Waals surface area (Å²) in [6.45, 7) is 0. The number of nitrogens with two attached hydrogens (primary N) is 1. The number of para-hydroxylation sites is 1. The Morgan fingerprint density at radius 1 is 1.11 bits per heavy atom. The molecule has 0 saturated carbocycles. The molecule has 0 aromatic heterocycles. The zero-order valence-electron chi connectivity index (χ0n) is 9.67. The van der Waals surface area contributed by atoms with Crippen LogP contribution in [0.2, 0.25) is 0 Å². The van der Waals surface area contributed by atoms with Crippen molar-refractivity contribution in [3.63, 3.8) is 0 Å². The van der Waals surface area contributed by atoms with Crippen LogP contribution in [-0.4, -0.2) is 11.1 Å². The molecule has 3 N–H and O–H groups in total. The third kappa shape index (κ3) is 3.05. The molecule has 0 saturated heterocycles. The fraction of sp³-hybridized carbons (Fsp3) is 0.0714. The number of carbonyl (C=O) groups is 1. The SMILES string of the molecule is Nc1c(CC(=O)O)cccc1Sc1ccccc1. The largest absolute Gasteiger partial charge is 0.481 e. The molecule has 18 heavy (non-hydrogen) atoms. The van der Waals surface area contributed by atoms with Crippen molar-refractivity contribution < 1.29 is 9.90 Å². The summed E-state index contributed by atoms with van der Waals surface area (Å²) in [6, 6.07) is 15.3.